The van der Waals surface area contributed by atoms with E-state index in [0.717, 1.165) is 96.3 Å². The van der Waals surface area contributed by atoms with E-state index < -0.39 is 6.10 Å². The summed E-state index contributed by atoms with van der Waals surface area (Å²) in [5, 5.41) is 0. The average Bonchev–Trinajstić information content (AvgIpc) is 3.47. The minimum atomic E-state index is -0.784. The van der Waals surface area contributed by atoms with Crippen molar-refractivity contribution in [3.63, 3.8) is 0 Å². The molecular weight excluding hydrogens is 997 g/mol. The topological polar surface area (TPSA) is 78.9 Å². The molecule has 0 amide bonds. The first kappa shape index (κ1) is 77.6. The van der Waals surface area contributed by atoms with E-state index in [4.69, 9.17) is 14.2 Å². The van der Waals surface area contributed by atoms with E-state index in [1.54, 1.807) is 0 Å². The molecule has 0 aromatic carbocycles. The van der Waals surface area contributed by atoms with Crippen LogP contribution in [0.25, 0.3) is 0 Å². The molecule has 1 atom stereocenters. The van der Waals surface area contributed by atoms with E-state index in [-0.39, 0.29) is 31.1 Å². The van der Waals surface area contributed by atoms with Crippen molar-refractivity contribution in [1.82, 2.24) is 0 Å². The van der Waals surface area contributed by atoms with E-state index in [1.807, 2.05) is 0 Å². The summed E-state index contributed by atoms with van der Waals surface area (Å²) in [7, 11) is 0. The first-order valence-corrected chi connectivity index (χ1v) is 35.1. The van der Waals surface area contributed by atoms with Crippen LogP contribution in [0.15, 0.2) is 85.1 Å². The zero-order valence-corrected chi connectivity index (χ0v) is 53.8. The van der Waals surface area contributed by atoms with Gasteiger partial charge in [0.1, 0.15) is 13.2 Å². The van der Waals surface area contributed by atoms with E-state index >= 15 is 0 Å². The quantitative estimate of drug-likeness (QED) is 0.0261. The monoisotopic (exact) mass is 1130 g/mol. The van der Waals surface area contributed by atoms with Gasteiger partial charge < -0.3 is 14.2 Å². The van der Waals surface area contributed by atoms with Crippen molar-refractivity contribution < 1.29 is 28.6 Å². The van der Waals surface area contributed by atoms with Crippen LogP contribution in [-0.2, 0) is 28.6 Å². The normalized spacial score (nSPS) is 12.6. The van der Waals surface area contributed by atoms with Crippen molar-refractivity contribution in [2.45, 2.75) is 361 Å². The minimum Gasteiger partial charge on any atom is -0.462 e. The summed E-state index contributed by atoms with van der Waals surface area (Å²) < 4.78 is 17.0. The minimum absolute atomic E-state index is 0.0785. The maximum absolute atomic E-state index is 13.0. The fourth-order valence-corrected chi connectivity index (χ4v) is 10.1. The predicted molar refractivity (Wildman–Crippen MR) is 353 cm³/mol. The maximum Gasteiger partial charge on any atom is 0.306 e. The van der Waals surface area contributed by atoms with Crippen LogP contribution in [-0.4, -0.2) is 37.2 Å². The molecule has 6 nitrogen and oxygen atoms in total. The summed E-state index contributed by atoms with van der Waals surface area (Å²) in [6.07, 6.45) is 91.7. The Kier molecular flexibility index (Phi) is 66.2. The number of rotatable bonds is 64. The van der Waals surface area contributed by atoms with Crippen molar-refractivity contribution in [1.29, 1.82) is 0 Å². The number of carbonyl (C=O) groups excluding carboxylic acids is 3. The van der Waals surface area contributed by atoms with Gasteiger partial charge in [-0.2, -0.15) is 0 Å². The van der Waals surface area contributed by atoms with E-state index in [1.165, 1.54) is 218 Å². The molecule has 0 aliphatic rings. The summed E-state index contributed by atoms with van der Waals surface area (Å²) in [5.41, 5.74) is 0. The summed E-state index contributed by atoms with van der Waals surface area (Å²) in [4.78, 5) is 38.5. The van der Waals surface area contributed by atoms with E-state index in [9.17, 15) is 14.4 Å². The van der Waals surface area contributed by atoms with Gasteiger partial charge in [-0.1, -0.05) is 305 Å². The smallest absolute Gasteiger partial charge is 0.306 e. The van der Waals surface area contributed by atoms with E-state index in [0.29, 0.717) is 19.3 Å². The number of esters is 3. The van der Waals surface area contributed by atoms with Crippen molar-refractivity contribution >= 4 is 17.9 Å². The van der Waals surface area contributed by atoms with Gasteiger partial charge in [-0.05, 0) is 116 Å². The Bertz CT molecular complexity index is 1530. The van der Waals surface area contributed by atoms with Crippen molar-refractivity contribution in [2.75, 3.05) is 13.2 Å². The SMILES string of the molecule is CC/C=C\C/C=C\C/C=C\C/C=C\CCCCCCCCCCCCCCCCC(=O)OCC(COC(=O)CCCCCCC/C=C\CCCCCCCC)OC(=O)CCCCCCCCCCC/C=C\C/C=C\CCCCCCC. The lowest BCUT2D eigenvalue weighted by Crippen LogP contribution is -2.30. The lowest BCUT2D eigenvalue weighted by atomic mass is 10.0. The average molecular weight is 1130 g/mol. The number of ether oxygens (including phenoxy) is 3. The molecule has 0 heterocycles. The molecule has 0 aromatic rings. The third-order valence-electron chi connectivity index (χ3n) is 15.4. The van der Waals surface area contributed by atoms with Crippen molar-refractivity contribution in [3.05, 3.63) is 85.1 Å². The van der Waals surface area contributed by atoms with Gasteiger partial charge in [-0.25, -0.2) is 0 Å². The zero-order valence-electron chi connectivity index (χ0n) is 53.8. The number of hydrogen-bond acceptors (Lipinski definition) is 6. The Morgan fingerprint density at radius 2 is 0.481 bits per heavy atom. The Hall–Kier alpha value is -3.41. The molecule has 0 radical (unpaired) electrons. The molecule has 1 unspecified atom stereocenters. The number of hydrogen-bond donors (Lipinski definition) is 0. The third kappa shape index (κ3) is 67.3. The highest BCUT2D eigenvalue weighted by molar-refractivity contribution is 5.71. The predicted octanol–water partition coefficient (Wildman–Crippen LogP) is 24.2. The van der Waals surface area contributed by atoms with Crippen molar-refractivity contribution in [3.8, 4) is 0 Å². The zero-order chi connectivity index (χ0) is 58.5. The van der Waals surface area contributed by atoms with Crippen LogP contribution >= 0.6 is 0 Å². The van der Waals surface area contributed by atoms with Gasteiger partial charge in [0.25, 0.3) is 0 Å². The molecule has 0 aliphatic carbocycles. The van der Waals surface area contributed by atoms with E-state index in [2.05, 4.69) is 106 Å². The third-order valence-corrected chi connectivity index (χ3v) is 15.4. The Morgan fingerprint density at radius 1 is 0.259 bits per heavy atom. The fourth-order valence-electron chi connectivity index (χ4n) is 10.1. The highest BCUT2D eigenvalue weighted by Crippen LogP contribution is 2.17. The Morgan fingerprint density at radius 3 is 0.765 bits per heavy atom. The van der Waals surface area contributed by atoms with Gasteiger partial charge in [0.2, 0.25) is 0 Å². The van der Waals surface area contributed by atoms with Crippen LogP contribution in [0.3, 0.4) is 0 Å². The lowest BCUT2D eigenvalue weighted by Gasteiger charge is -2.18. The molecule has 0 saturated carbocycles. The molecule has 468 valence electrons. The largest absolute Gasteiger partial charge is 0.462 e. The van der Waals surface area contributed by atoms with Gasteiger partial charge in [0.15, 0.2) is 6.10 Å². The number of unbranched alkanes of at least 4 members (excludes halogenated alkanes) is 39. The van der Waals surface area contributed by atoms with Crippen LogP contribution in [0, 0.1) is 0 Å². The Labute approximate surface area is 503 Å². The highest BCUT2D eigenvalue weighted by atomic mass is 16.6. The van der Waals surface area contributed by atoms with Crippen LogP contribution in [0.4, 0.5) is 0 Å². The van der Waals surface area contributed by atoms with Gasteiger partial charge in [-0.3, -0.25) is 14.4 Å². The van der Waals surface area contributed by atoms with Crippen LogP contribution in [0.2, 0.25) is 0 Å². The van der Waals surface area contributed by atoms with Gasteiger partial charge in [0, 0.05) is 19.3 Å². The number of carbonyl (C=O) groups is 3. The first-order valence-electron chi connectivity index (χ1n) is 35.1. The molecule has 0 aliphatic heterocycles. The molecule has 0 rings (SSSR count). The Balaban J connectivity index is 4.31. The van der Waals surface area contributed by atoms with Crippen molar-refractivity contribution in [2.24, 2.45) is 0 Å². The fraction of sp³-hybridized carbons (Fsp3) is 0.773. The standard InChI is InChI=1S/C75H132O6/c1-4-7-10-13-16-19-22-25-28-30-32-34-35-36-37-38-39-41-42-44-47-50-53-56-59-62-65-68-74(77)80-71-72(70-79-73(76)67-64-61-58-55-52-49-46-27-24-21-18-15-12-9-6-3)81-75(78)69-66-63-60-57-54-51-48-45-43-40-33-31-29-26-23-20-17-14-11-8-5-2/h7,10,16,19,23,25-28,31-34,46,72H,4-6,8-9,11-15,17-18,20-22,24,29-30,35-45,47-71H2,1-3H3/b10-7-,19-16-,26-23-,28-25-,33-31-,34-32-,46-27-. The molecule has 0 fully saturated rings. The second-order valence-electron chi connectivity index (χ2n) is 23.4. The lowest BCUT2D eigenvalue weighted by molar-refractivity contribution is -0.167. The molecule has 0 aromatic heterocycles. The molecule has 0 N–H and O–H groups in total. The summed E-state index contributed by atoms with van der Waals surface area (Å²) >= 11 is 0. The summed E-state index contributed by atoms with van der Waals surface area (Å²) in [6, 6.07) is 0. The number of allylic oxidation sites excluding steroid dienone is 14. The van der Waals surface area contributed by atoms with Crippen LogP contribution < -0.4 is 0 Å². The van der Waals surface area contributed by atoms with Crippen LogP contribution in [0.1, 0.15) is 355 Å². The first-order chi connectivity index (χ1) is 40.0. The second-order valence-corrected chi connectivity index (χ2v) is 23.4. The molecule has 0 saturated heterocycles. The van der Waals surface area contributed by atoms with Crippen LogP contribution in [0.5, 0.6) is 0 Å². The summed E-state index contributed by atoms with van der Waals surface area (Å²) in [6.45, 7) is 6.55. The summed E-state index contributed by atoms with van der Waals surface area (Å²) in [5.74, 6) is -0.873. The molecule has 0 spiro atoms. The molecule has 0 bridgehead atoms. The second kappa shape index (κ2) is 69.1. The van der Waals surface area contributed by atoms with Gasteiger partial charge >= 0.3 is 17.9 Å². The molecule has 6 heteroatoms. The molecular formula is C75H132O6. The molecule has 81 heavy (non-hydrogen) atoms. The highest BCUT2D eigenvalue weighted by Gasteiger charge is 2.19. The van der Waals surface area contributed by atoms with Gasteiger partial charge in [-0.15, -0.1) is 0 Å². The maximum atomic E-state index is 13.0. The van der Waals surface area contributed by atoms with Gasteiger partial charge in [0.05, 0.1) is 0 Å².